The van der Waals surface area contributed by atoms with Crippen molar-refractivity contribution in [3.05, 3.63) is 160 Å². The average Bonchev–Trinajstić information content (AvgIpc) is 4.19. The third-order valence-corrected chi connectivity index (χ3v) is 22.0. The Labute approximate surface area is 389 Å². The SMILES string of the molecule is CC=C1CN2CCC34c5ccccc5N5C=C6C7CC8N(CC7=CC)C(C7=CC9C%10CC%11N(CCC%11%12c%11ccccc%11N(C7=O)C9%12)CC%10=CC)CC87c8ccccc8N(C=C(C1CC23)C54)C67. The van der Waals surface area contributed by atoms with Gasteiger partial charge >= 0.3 is 0 Å². The Morgan fingerprint density at radius 1 is 0.591 bits per heavy atom. The fraction of sp³-hybridized carbons (Fsp3) is 0.475. The zero-order valence-corrected chi connectivity index (χ0v) is 38.6. The highest BCUT2D eigenvalue weighted by atomic mass is 16.2. The molecule has 3 aliphatic carbocycles. The standard InChI is InChI=1S/C59H60N6O/c1-4-33-28-61-22-20-58-45-15-9-12-18-48(45)65-55(58)39(36(33)24-51(58)61)23-40(56(65)66)49-27-59-44-14-8-11-17-47(44)64-31-41-37-25-50-57(19-21-60(50)29-34(37)5-2)43-13-7-10-16-46(43)63(53(41)57)32-42(54(59)64)38-26-52(59)62(49)30-35(38)6-3/h4-18,23,31-32,36-39,49-55H,19-22,24-30H2,1-3H3. The Morgan fingerprint density at radius 3 is 1.82 bits per heavy atom. The van der Waals surface area contributed by atoms with Crippen LogP contribution >= 0.6 is 0 Å². The molecule has 11 aliphatic heterocycles. The fourth-order valence-corrected chi connectivity index (χ4v) is 20.0. The maximum absolute atomic E-state index is 16.1. The molecule has 66 heavy (non-hydrogen) atoms. The number of hydrogen-bond acceptors (Lipinski definition) is 6. The van der Waals surface area contributed by atoms with Crippen molar-refractivity contribution < 1.29 is 4.79 Å². The summed E-state index contributed by atoms with van der Waals surface area (Å²) in [6, 6.07) is 30.5. The number of carbonyl (C=O) groups is 1. The second kappa shape index (κ2) is 12.0. The highest BCUT2D eigenvalue weighted by molar-refractivity contribution is 6.10. The summed E-state index contributed by atoms with van der Waals surface area (Å²) in [6.07, 6.45) is 22.4. The summed E-state index contributed by atoms with van der Waals surface area (Å²) in [4.78, 5) is 32.8. The molecule has 14 atom stereocenters. The van der Waals surface area contributed by atoms with Crippen molar-refractivity contribution in [1.82, 2.24) is 14.7 Å². The summed E-state index contributed by atoms with van der Waals surface area (Å²) < 4.78 is 0. The van der Waals surface area contributed by atoms with Crippen molar-refractivity contribution in [1.29, 1.82) is 0 Å². The van der Waals surface area contributed by atoms with Gasteiger partial charge in [-0.3, -0.25) is 19.5 Å². The minimum absolute atomic E-state index is 0.0101. The summed E-state index contributed by atoms with van der Waals surface area (Å²) in [5, 5.41) is 0. The molecule has 11 heterocycles. The lowest BCUT2D eigenvalue weighted by Gasteiger charge is -2.57. The lowest BCUT2D eigenvalue weighted by Crippen LogP contribution is -2.66. The number of carbonyl (C=O) groups excluding carboxylic acids is 1. The van der Waals surface area contributed by atoms with Crippen LogP contribution in [0.1, 0.15) is 76.0 Å². The minimum Gasteiger partial charge on any atom is -0.339 e. The third-order valence-electron chi connectivity index (χ3n) is 22.0. The van der Waals surface area contributed by atoms with E-state index in [1.807, 2.05) is 0 Å². The second-order valence-electron chi connectivity index (χ2n) is 23.3. The number of nitrogens with zero attached hydrogens (tertiary/aromatic N) is 6. The van der Waals surface area contributed by atoms with Gasteiger partial charge in [-0.2, -0.15) is 0 Å². The van der Waals surface area contributed by atoms with Crippen LogP contribution in [0.5, 0.6) is 0 Å². The molecule has 14 unspecified atom stereocenters. The summed E-state index contributed by atoms with van der Waals surface area (Å²) in [5.41, 5.74) is 17.7. The van der Waals surface area contributed by atoms with Gasteiger partial charge in [-0.25, -0.2) is 0 Å². The first-order chi connectivity index (χ1) is 32.4. The predicted molar refractivity (Wildman–Crippen MR) is 260 cm³/mol. The number of para-hydroxylation sites is 3. The van der Waals surface area contributed by atoms with Crippen molar-refractivity contribution in [2.45, 2.75) is 118 Å². The molecule has 6 saturated heterocycles. The number of benzene rings is 3. The van der Waals surface area contributed by atoms with Gasteiger partial charge < -0.3 is 14.7 Å². The maximum Gasteiger partial charge on any atom is 0.255 e. The lowest BCUT2D eigenvalue weighted by atomic mass is 9.54. The summed E-state index contributed by atoms with van der Waals surface area (Å²) in [5.74, 6) is 1.90. The minimum atomic E-state index is -0.161. The van der Waals surface area contributed by atoms with Gasteiger partial charge in [0.25, 0.3) is 5.91 Å². The van der Waals surface area contributed by atoms with E-state index < -0.39 is 0 Å². The van der Waals surface area contributed by atoms with E-state index >= 15 is 4.79 Å². The van der Waals surface area contributed by atoms with Crippen LogP contribution < -0.4 is 14.7 Å². The third kappa shape index (κ3) is 3.79. The number of rotatable bonds is 1. The molecule has 3 saturated carbocycles. The molecule has 3 spiro atoms. The van der Waals surface area contributed by atoms with E-state index in [0.717, 1.165) is 51.0 Å². The first-order valence-electron chi connectivity index (χ1n) is 26.0. The Hall–Kier alpha value is -4.95. The van der Waals surface area contributed by atoms with Crippen molar-refractivity contribution >= 4 is 23.0 Å². The molecule has 9 fully saturated rings. The van der Waals surface area contributed by atoms with Crippen molar-refractivity contribution in [2.24, 2.45) is 23.7 Å². The molecule has 7 heteroatoms. The van der Waals surface area contributed by atoms with Crippen LogP contribution in [0.15, 0.2) is 143 Å². The van der Waals surface area contributed by atoms with Gasteiger partial charge in [-0.15, -0.1) is 0 Å². The summed E-state index contributed by atoms with van der Waals surface area (Å²) >= 11 is 0. The Morgan fingerprint density at radius 2 is 1.14 bits per heavy atom. The molecule has 332 valence electrons. The van der Waals surface area contributed by atoms with Crippen molar-refractivity contribution in [3.63, 3.8) is 0 Å². The number of hydrogen-bond donors (Lipinski definition) is 0. The molecular formula is C59H60N6O. The van der Waals surface area contributed by atoms with E-state index in [1.54, 1.807) is 33.4 Å². The van der Waals surface area contributed by atoms with E-state index in [-0.39, 0.29) is 34.4 Å². The Balaban J connectivity index is 0.885. The molecule has 0 radical (unpaired) electrons. The van der Waals surface area contributed by atoms with Crippen LogP contribution in [0.4, 0.5) is 17.1 Å². The molecule has 3 aromatic carbocycles. The number of anilines is 3. The van der Waals surface area contributed by atoms with Gasteiger partial charge in [0.15, 0.2) is 0 Å². The first kappa shape index (κ1) is 37.1. The molecule has 3 aromatic rings. The topological polar surface area (TPSA) is 36.5 Å². The number of amides is 1. The fourth-order valence-electron chi connectivity index (χ4n) is 20.0. The zero-order valence-electron chi connectivity index (χ0n) is 38.6. The van der Waals surface area contributed by atoms with E-state index in [0.29, 0.717) is 53.7 Å². The molecule has 14 aliphatic rings. The van der Waals surface area contributed by atoms with E-state index in [2.05, 4.69) is 160 Å². The predicted octanol–water partition coefficient (Wildman–Crippen LogP) is 8.76. The molecule has 7 nitrogen and oxygen atoms in total. The molecular weight excluding hydrogens is 809 g/mol. The van der Waals surface area contributed by atoms with Gasteiger partial charge in [0.1, 0.15) is 0 Å². The highest BCUT2D eigenvalue weighted by Gasteiger charge is 2.74. The molecule has 17 rings (SSSR count). The van der Waals surface area contributed by atoms with Gasteiger partial charge in [0, 0.05) is 113 Å². The number of allylic oxidation sites excluding steroid dienone is 3. The average molecular weight is 869 g/mol. The van der Waals surface area contributed by atoms with E-state index in [9.17, 15) is 0 Å². The van der Waals surface area contributed by atoms with Crippen LogP contribution in [0.3, 0.4) is 0 Å². The molecule has 6 bridgehead atoms. The smallest absolute Gasteiger partial charge is 0.255 e. The van der Waals surface area contributed by atoms with Crippen molar-refractivity contribution in [3.8, 4) is 0 Å². The molecule has 0 N–H and O–H groups in total. The normalized spacial score (nSPS) is 45.0. The highest BCUT2D eigenvalue weighted by Crippen LogP contribution is 2.70. The van der Waals surface area contributed by atoms with Gasteiger partial charge in [0.2, 0.25) is 0 Å². The largest absolute Gasteiger partial charge is 0.339 e. The van der Waals surface area contributed by atoms with Crippen LogP contribution in [-0.4, -0.2) is 95.6 Å². The van der Waals surface area contributed by atoms with Crippen LogP contribution in [0.25, 0.3) is 0 Å². The lowest BCUT2D eigenvalue weighted by molar-refractivity contribution is -0.118. The number of fused-ring (bicyclic) bond motifs is 12. The monoisotopic (exact) mass is 868 g/mol. The van der Waals surface area contributed by atoms with Crippen LogP contribution in [0, 0.1) is 23.7 Å². The maximum atomic E-state index is 16.1. The second-order valence-corrected chi connectivity index (χ2v) is 23.3. The van der Waals surface area contributed by atoms with Crippen LogP contribution in [0.2, 0.25) is 0 Å². The summed E-state index contributed by atoms with van der Waals surface area (Å²) in [6.45, 7) is 12.3. The summed E-state index contributed by atoms with van der Waals surface area (Å²) in [7, 11) is 0. The van der Waals surface area contributed by atoms with Gasteiger partial charge in [-0.05, 0) is 124 Å². The van der Waals surface area contributed by atoms with Gasteiger partial charge in [0.05, 0.1) is 18.1 Å². The van der Waals surface area contributed by atoms with E-state index in [4.69, 9.17) is 0 Å². The molecule has 1 amide bonds. The Kier molecular flexibility index (Phi) is 6.75. The quantitative estimate of drug-likeness (QED) is 0.228. The van der Waals surface area contributed by atoms with E-state index in [1.165, 1.54) is 54.0 Å². The molecule has 0 aromatic heterocycles. The first-order valence-corrected chi connectivity index (χ1v) is 26.0. The van der Waals surface area contributed by atoms with Crippen molar-refractivity contribution in [2.75, 3.05) is 47.4 Å². The zero-order chi connectivity index (χ0) is 43.3. The Bertz CT molecular complexity index is 2990. The van der Waals surface area contributed by atoms with Crippen LogP contribution in [-0.2, 0) is 21.0 Å². The van der Waals surface area contributed by atoms with Gasteiger partial charge in [-0.1, -0.05) is 95.6 Å². The number of piperidine rings is 3.